The first-order chi connectivity index (χ1) is 12.6. The molecule has 0 spiro atoms. The Morgan fingerprint density at radius 1 is 0.923 bits per heavy atom. The van der Waals surface area contributed by atoms with Crippen LogP contribution in [0.5, 0.6) is 5.75 Å². The van der Waals surface area contributed by atoms with Crippen LogP contribution in [0.4, 0.5) is 5.69 Å². The zero-order valence-corrected chi connectivity index (χ0v) is 15.7. The smallest absolute Gasteiger partial charge is 0.137 e. The third kappa shape index (κ3) is 3.28. The van der Waals surface area contributed by atoms with Gasteiger partial charge in [0, 0.05) is 21.5 Å². The molecule has 3 nitrogen and oxygen atoms in total. The zero-order chi connectivity index (χ0) is 18.1. The van der Waals surface area contributed by atoms with Gasteiger partial charge in [-0.1, -0.05) is 52.3 Å². The lowest BCUT2D eigenvalue weighted by Gasteiger charge is -2.06. The molecule has 0 saturated carbocycles. The Kier molecular flexibility index (Phi) is 4.35. The third-order valence-electron chi connectivity index (χ3n) is 4.19. The fourth-order valence-corrected chi connectivity index (χ4v) is 3.15. The minimum absolute atomic E-state index is 0.182. The molecule has 0 amide bonds. The molecule has 128 valence electrons. The Bertz CT molecular complexity index is 1160. The van der Waals surface area contributed by atoms with E-state index >= 15 is 0 Å². The van der Waals surface area contributed by atoms with Gasteiger partial charge in [-0.25, -0.2) is 4.99 Å². The maximum absolute atomic E-state index is 9.90. The number of nitrogens with zero attached hydrogens (tertiary/aromatic N) is 1. The maximum Gasteiger partial charge on any atom is 0.137 e. The summed E-state index contributed by atoms with van der Waals surface area (Å²) < 4.78 is 7.05. The van der Waals surface area contributed by atoms with Gasteiger partial charge in [-0.05, 0) is 42.8 Å². The molecule has 0 fully saturated rings. The Balaban J connectivity index is 2.00. The molecule has 4 rings (SSSR count). The fraction of sp³-hybridized carbons (Fsp3) is 0.0455. The summed E-state index contributed by atoms with van der Waals surface area (Å²) in [6, 6.07) is 22.9. The van der Waals surface area contributed by atoms with Crippen LogP contribution in [0.25, 0.3) is 22.3 Å². The largest absolute Gasteiger partial charge is 0.508 e. The molecule has 0 aliphatic carbocycles. The van der Waals surface area contributed by atoms with Gasteiger partial charge in [0.2, 0.25) is 0 Å². The van der Waals surface area contributed by atoms with Crippen molar-refractivity contribution in [1.82, 2.24) is 0 Å². The molecule has 0 atom stereocenters. The Morgan fingerprint density at radius 2 is 1.73 bits per heavy atom. The second-order valence-electron chi connectivity index (χ2n) is 6.09. The summed E-state index contributed by atoms with van der Waals surface area (Å²) in [7, 11) is 0. The first-order valence-electron chi connectivity index (χ1n) is 8.23. The van der Waals surface area contributed by atoms with Crippen LogP contribution in [0.3, 0.4) is 0 Å². The van der Waals surface area contributed by atoms with Crippen LogP contribution in [0.2, 0.25) is 0 Å². The van der Waals surface area contributed by atoms with Gasteiger partial charge in [-0.2, -0.15) is 0 Å². The van der Waals surface area contributed by atoms with Gasteiger partial charge in [-0.3, -0.25) is 0 Å². The molecule has 4 aromatic rings. The summed E-state index contributed by atoms with van der Waals surface area (Å²) in [6.45, 7) is 2.04. The summed E-state index contributed by atoms with van der Waals surface area (Å²) >= 11 is 3.55. The first-order valence-corrected chi connectivity index (χ1v) is 9.03. The number of hydrogen-bond acceptors (Lipinski definition) is 3. The predicted molar refractivity (Wildman–Crippen MR) is 107 cm³/mol. The Labute approximate surface area is 159 Å². The lowest BCUT2D eigenvalue weighted by Crippen LogP contribution is -2.03. The molecule has 0 radical (unpaired) electrons. The number of fused-ring (bicyclic) bond motifs is 1. The normalized spacial score (nSPS) is 11.8. The quantitative estimate of drug-likeness (QED) is 0.437. The Hall–Kier alpha value is -2.85. The third-order valence-corrected chi connectivity index (χ3v) is 5.04. The molecule has 26 heavy (non-hydrogen) atoms. The van der Waals surface area contributed by atoms with Gasteiger partial charge >= 0.3 is 0 Å². The van der Waals surface area contributed by atoms with E-state index in [-0.39, 0.29) is 5.75 Å². The molecule has 4 heteroatoms. The molecule has 0 unspecified atom stereocenters. The maximum atomic E-state index is 9.90. The van der Waals surface area contributed by atoms with E-state index in [2.05, 4.69) is 15.9 Å². The summed E-state index contributed by atoms with van der Waals surface area (Å²) in [5.74, 6) is 0.912. The second-order valence-corrected chi connectivity index (χ2v) is 6.94. The molecule has 0 aliphatic rings. The molecule has 1 heterocycles. The lowest BCUT2D eigenvalue weighted by molar-refractivity contribution is 0.475. The number of benzene rings is 3. The van der Waals surface area contributed by atoms with E-state index < -0.39 is 0 Å². The molecular formula is C22H16BrNO2. The van der Waals surface area contributed by atoms with Crippen molar-refractivity contribution in [3.05, 3.63) is 88.2 Å². The van der Waals surface area contributed by atoms with Crippen LogP contribution in [-0.4, -0.2) is 5.11 Å². The molecule has 3 aromatic carbocycles. The standard InChI is InChI=1S/C22H16BrNO2/c1-14-7-8-16(11-19(14)23)24-20-13-22(15-5-3-2-4-6-15)26-21-10-9-17(25)12-18(20)21/h2-13,25H,1H3. The van der Waals surface area contributed by atoms with Crippen molar-refractivity contribution >= 4 is 32.6 Å². The number of hydrogen-bond donors (Lipinski definition) is 1. The van der Waals surface area contributed by atoms with Crippen molar-refractivity contribution in [3.63, 3.8) is 0 Å². The van der Waals surface area contributed by atoms with Crippen LogP contribution >= 0.6 is 15.9 Å². The van der Waals surface area contributed by atoms with Crippen LogP contribution in [0, 0.1) is 6.92 Å². The summed E-state index contributed by atoms with van der Waals surface area (Å²) in [4.78, 5) is 4.80. The molecule has 1 N–H and O–H groups in total. The highest BCUT2D eigenvalue weighted by Gasteiger charge is 2.07. The van der Waals surface area contributed by atoms with Gasteiger partial charge < -0.3 is 9.52 Å². The van der Waals surface area contributed by atoms with Crippen molar-refractivity contribution in [2.45, 2.75) is 6.92 Å². The second kappa shape index (κ2) is 6.81. The van der Waals surface area contributed by atoms with E-state index in [1.807, 2.05) is 61.5 Å². The van der Waals surface area contributed by atoms with Crippen LogP contribution in [-0.2, 0) is 0 Å². The number of phenolic OH excluding ortho intramolecular Hbond substituents is 1. The number of halogens is 1. The van der Waals surface area contributed by atoms with Crippen molar-refractivity contribution in [2.75, 3.05) is 0 Å². The summed E-state index contributed by atoms with van der Waals surface area (Å²) in [6.07, 6.45) is 0. The van der Waals surface area contributed by atoms with Gasteiger partial charge in [0.25, 0.3) is 0 Å². The minimum atomic E-state index is 0.182. The predicted octanol–water partition coefficient (Wildman–Crippen LogP) is 6.11. The highest BCUT2D eigenvalue weighted by molar-refractivity contribution is 9.10. The van der Waals surface area contributed by atoms with Gasteiger partial charge in [0.1, 0.15) is 17.1 Å². The number of phenols is 1. The van der Waals surface area contributed by atoms with Crippen LogP contribution < -0.4 is 5.36 Å². The topological polar surface area (TPSA) is 45.7 Å². The van der Waals surface area contributed by atoms with Crippen molar-refractivity contribution < 1.29 is 9.52 Å². The fourth-order valence-electron chi connectivity index (χ4n) is 2.78. The monoisotopic (exact) mass is 405 g/mol. The molecule has 1 aromatic heterocycles. The first kappa shape index (κ1) is 16.6. The average molecular weight is 406 g/mol. The van der Waals surface area contributed by atoms with Crippen molar-refractivity contribution in [3.8, 4) is 17.1 Å². The zero-order valence-electron chi connectivity index (χ0n) is 14.1. The number of rotatable bonds is 2. The summed E-state index contributed by atoms with van der Waals surface area (Å²) in [5, 5.41) is 11.4. The van der Waals surface area contributed by atoms with Crippen LogP contribution in [0.15, 0.2) is 86.7 Å². The van der Waals surface area contributed by atoms with E-state index in [0.29, 0.717) is 5.58 Å². The van der Waals surface area contributed by atoms with Crippen molar-refractivity contribution in [2.24, 2.45) is 4.99 Å². The molecular weight excluding hydrogens is 390 g/mol. The van der Waals surface area contributed by atoms with E-state index in [0.717, 1.165) is 37.8 Å². The summed E-state index contributed by atoms with van der Waals surface area (Å²) in [5.41, 5.74) is 3.63. The Morgan fingerprint density at radius 3 is 2.50 bits per heavy atom. The average Bonchev–Trinajstić information content (AvgIpc) is 2.65. The van der Waals surface area contributed by atoms with E-state index in [1.54, 1.807) is 18.2 Å². The molecule has 0 aliphatic heterocycles. The minimum Gasteiger partial charge on any atom is -0.508 e. The van der Waals surface area contributed by atoms with Crippen LogP contribution in [0.1, 0.15) is 5.56 Å². The van der Waals surface area contributed by atoms with E-state index in [1.165, 1.54) is 0 Å². The highest BCUT2D eigenvalue weighted by Crippen LogP contribution is 2.26. The SMILES string of the molecule is Cc1ccc(N=c2cc(-c3ccccc3)oc3ccc(O)cc23)cc1Br. The molecule has 0 bridgehead atoms. The van der Waals surface area contributed by atoms with Crippen molar-refractivity contribution in [1.29, 1.82) is 0 Å². The number of aromatic hydroxyl groups is 1. The van der Waals surface area contributed by atoms with Gasteiger partial charge in [-0.15, -0.1) is 0 Å². The van der Waals surface area contributed by atoms with E-state index in [9.17, 15) is 5.11 Å². The van der Waals surface area contributed by atoms with E-state index in [4.69, 9.17) is 9.41 Å². The lowest BCUT2D eigenvalue weighted by atomic mass is 10.1. The van der Waals surface area contributed by atoms with Gasteiger partial charge in [0.05, 0.1) is 11.0 Å². The molecule has 0 saturated heterocycles. The van der Waals surface area contributed by atoms with Gasteiger partial charge in [0.15, 0.2) is 0 Å². The number of aryl methyl sites for hydroxylation is 1. The highest BCUT2D eigenvalue weighted by atomic mass is 79.9.